The normalized spacial score (nSPS) is 10.3. The van der Waals surface area contributed by atoms with Crippen LogP contribution in [0, 0.1) is 24.0 Å². The molecule has 0 spiro atoms. The number of aryl methyl sites for hydroxylation is 1. The summed E-state index contributed by atoms with van der Waals surface area (Å²) in [6.45, 7) is 4.03. The van der Waals surface area contributed by atoms with Crippen LogP contribution < -0.4 is 5.73 Å². The maximum atomic E-state index is 10.9. The van der Waals surface area contributed by atoms with Gasteiger partial charge in [0, 0.05) is 6.07 Å². The van der Waals surface area contributed by atoms with E-state index in [1.54, 1.807) is 6.07 Å². The number of nitrogens with zero attached hydrogens (tertiary/aromatic N) is 1. The number of hydrogen-bond donors (Lipinski definition) is 1. The zero-order valence-corrected chi connectivity index (χ0v) is 10.3. The summed E-state index contributed by atoms with van der Waals surface area (Å²) in [5.41, 5.74) is 9.83. The van der Waals surface area contributed by atoms with Gasteiger partial charge >= 0.3 is 0 Å². The highest BCUT2D eigenvalue weighted by Gasteiger charge is 2.13. The summed E-state index contributed by atoms with van der Waals surface area (Å²) in [4.78, 5) is 10.4. The summed E-state index contributed by atoms with van der Waals surface area (Å²) in [5, 5.41) is 10.9. The van der Waals surface area contributed by atoms with Gasteiger partial charge in [0.25, 0.3) is 5.69 Å². The fraction of sp³-hybridized carbons (Fsp3) is 0.143. The average Bonchev–Trinajstić information content (AvgIpc) is 2.33. The van der Waals surface area contributed by atoms with Crippen molar-refractivity contribution in [3.63, 3.8) is 0 Å². The number of nitrogen functional groups attached to an aromatic ring is 1. The van der Waals surface area contributed by atoms with Crippen molar-refractivity contribution in [3.8, 4) is 11.1 Å². The molecule has 4 heteroatoms. The second-order valence-electron chi connectivity index (χ2n) is 4.28. The Balaban J connectivity index is 2.62. The van der Waals surface area contributed by atoms with Crippen LogP contribution in [0.1, 0.15) is 11.1 Å². The van der Waals surface area contributed by atoms with Gasteiger partial charge < -0.3 is 5.73 Å². The Morgan fingerprint density at radius 1 is 1.17 bits per heavy atom. The molecule has 0 saturated heterocycles. The van der Waals surface area contributed by atoms with Crippen molar-refractivity contribution < 1.29 is 4.92 Å². The van der Waals surface area contributed by atoms with Crippen LogP contribution >= 0.6 is 0 Å². The first-order valence-electron chi connectivity index (χ1n) is 5.61. The minimum Gasteiger partial charge on any atom is -0.393 e. The van der Waals surface area contributed by atoms with Crippen LogP contribution in [0.2, 0.25) is 0 Å². The molecule has 0 amide bonds. The van der Waals surface area contributed by atoms with E-state index < -0.39 is 4.92 Å². The minimum atomic E-state index is -0.454. The molecule has 0 radical (unpaired) electrons. The molecule has 0 bridgehead atoms. The molecular formula is C14H14N2O2. The maximum Gasteiger partial charge on any atom is 0.292 e. The van der Waals surface area contributed by atoms with E-state index in [4.69, 9.17) is 5.73 Å². The van der Waals surface area contributed by atoms with Crippen LogP contribution in [0.15, 0.2) is 36.4 Å². The summed E-state index contributed by atoms with van der Waals surface area (Å²) in [7, 11) is 0. The van der Waals surface area contributed by atoms with Crippen LogP contribution in [0.5, 0.6) is 0 Å². The van der Waals surface area contributed by atoms with E-state index in [1.807, 2.05) is 38.1 Å². The zero-order chi connectivity index (χ0) is 13.3. The van der Waals surface area contributed by atoms with E-state index in [2.05, 4.69) is 0 Å². The van der Waals surface area contributed by atoms with Gasteiger partial charge in [-0.3, -0.25) is 10.1 Å². The van der Waals surface area contributed by atoms with Crippen LogP contribution in [0.4, 0.5) is 11.4 Å². The van der Waals surface area contributed by atoms with Gasteiger partial charge in [-0.1, -0.05) is 24.3 Å². The number of nitro benzene ring substituents is 1. The van der Waals surface area contributed by atoms with Gasteiger partial charge in [0.05, 0.1) is 4.92 Å². The van der Waals surface area contributed by atoms with Crippen LogP contribution in [0.3, 0.4) is 0 Å². The molecule has 2 N–H and O–H groups in total. The maximum absolute atomic E-state index is 10.9. The van der Waals surface area contributed by atoms with Crippen LogP contribution in [-0.4, -0.2) is 4.92 Å². The van der Waals surface area contributed by atoms with Gasteiger partial charge in [-0.2, -0.15) is 0 Å². The lowest BCUT2D eigenvalue weighted by Crippen LogP contribution is -1.96. The van der Waals surface area contributed by atoms with Gasteiger partial charge in [-0.05, 0) is 42.2 Å². The molecule has 0 heterocycles. The molecule has 18 heavy (non-hydrogen) atoms. The van der Waals surface area contributed by atoms with E-state index >= 15 is 0 Å². The van der Waals surface area contributed by atoms with Gasteiger partial charge in [-0.25, -0.2) is 0 Å². The Labute approximate surface area is 105 Å². The first-order chi connectivity index (χ1) is 8.50. The standard InChI is InChI=1S/C14H14N2O2/c1-9-4-3-5-12(10(9)2)11-6-7-13(15)14(8-11)16(17)18/h3-8H,15H2,1-2H3. The number of nitrogens with two attached hydrogens (primary N) is 1. The zero-order valence-electron chi connectivity index (χ0n) is 10.3. The SMILES string of the molecule is Cc1cccc(-c2ccc(N)c([N+](=O)[O-])c2)c1C. The van der Waals surface area contributed by atoms with Crippen molar-refractivity contribution in [1.82, 2.24) is 0 Å². The summed E-state index contributed by atoms with van der Waals surface area (Å²) >= 11 is 0. The van der Waals surface area contributed by atoms with Crippen molar-refractivity contribution >= 4 is 11.4 Å². The Bertz CT molecular complexity index is 621. The monoisotopic (exact) mass is 242 g/mol. The molecule has 0 saturated carbocycles. The number of benzene rings is 2. The number of anilines is 1. The third kappa shape index (κ3) is 2.05. The first-order valence-corrected chi connectivity index (χ1v) is 5.61. The summed E-state index contributed by atoms with van der Waals surface area (Å²) in [6.07, 6.45) is 0. The topological polar surface area (TPSA) is 69.2 Å². The molecule has 0 unspecified atom stereocenters. The van der Waals surface area contributed by atoms with Crippen molar-refractivity contribution in [3.05, 3.63) is 57.6 Å². The fourth-order valence-corrected chi connectivity index (χ4v) is 1.93. The van der Waals surface area contributed by atoms with Crippen LogP contribution in [-0.2, 0) is 0 Å². The molecular weight excluding hydrogens is 228 g/mol. The molecule has 92 valence electrons. The van der Waals surface area contributed by atoms with Crippen molar-refractivity contribution in [2.45, 2.75) is 13.8 Å². The smallest absolute Gasteiger partial charge is 0.292 e. The lowest BCUT2D eigenvalue weighted by molar-refractivity contribution is -0.383. The third-order valence-corrected chi connectivity index (χ3v) is 3.14. The Morgan fingerprint density at radius 2 is 1.89 bits per heavy atom. The molecule has 0 fully saturated rings. The van der Waals surface area contributed by atoms with E-state index in [-0.39, 0.29) is 11.4 Å². The third-order valence-electron chi connectivity index (χ3n) is 3.14. The van der Waals surface area contributed by atoms with Gasteiger partial charge in [0.2, 0.25) is 0 Å². The second kappa shape index (κ2) is 4.49. The van der Waals surface area contributed by atoms with E-state index in [0.29, 0.717) is 0 Å². The number of rotatable bonds is 2. The second-order valence-corrected chi connectivity index (χ2v) is 4.28. The molecule has 0 aromatic heterocycles. The van der Waals surface area contributed by atoms with E-state index in [9.17, 15) is 10.1 Å². The Kier molecular flexibility index (Phi) is 3.02. The highest BCUT2D eigenvalue weighted by molar-refractivity contribution is 5.74. The molecule has 0 aliphatic rings. The highest BCUT2D eigenvalue weighted by Crippen LogP contribution is 2.31. The summed E-state index contributed by atoms with van der Waals surface area (Å²) in [6, 6.07) is 10.8. The lowest BCUT2D eigenvalue weighted by Gasteiger charge is -2.09. The van der Waals surface area contributed by atoms with E-state index in [1.165, 1.54) is 6.07 Å². The minimum absolute atomic E-state index is 0.0478. The van der Waals surface area contributed by atoms with Gasteiger partial charge in [-0.15, -0.1) is 0 Å². The summed E-state index contributed by atoms with van der Waals surface area (Å²) in [5.74, 6) is 0. The largest absolute Gasteiger partial charge is 0.393 e. The predicted molar refractivity (Wildman–Crippen MR) is 72.4 cm³/mol. The average molecular weight is 242 g/mol. The molecule has 2 aromatic carbocycles. The quantitative estimate of drug-likeness (QED) is 0.498. The highest BCUT2D eigenvalue weighted by atomic mass is 16.6. The van der Waals surface area contributed by atoms with Crippen LogP contribution in [0.25, 0.3) is 11.1 Å². The van der Waals surface area contributed by atoms with Crippen molar-refractivity contribution in [2.75, 3.05) is 5.73 Å². The van der Waals surface area contributed by atoms with E-state index in [0.717, 1.165) is 22.3 Å². The van der Waals surface area contributed by atoms with Gasteiger partial charge in [0.15, 0.2) is 0 Å². The summed E-state index contributed by atoms with van der Waals surface area (Å²) < 4.78 is 0. The molecule has 0 atom stereocenters. The first kappa shape index (κ1) is 12.1. The lowest BCUT2D eigenvalue weighted by atomic mass is 9.96. The molecule has 0 aliphatic heterocycles. The predicted octanol–water partition coefficient (Wildman–Crippen LogP) is 3.46. The molecule has 0 aliphatic carbocycles. The van der Waals surface area contributed by atoms with Crippen molar-refractivity contribution in [2.24, 2.45) is 0 Å². The Hall–Kier alpha value is -2.36. The number of nitro groups is 1. The Morgan fingerprint density at radius 3 is 2.56 bits per heavy atom. The molecule has 2 rings (SSSR count). The van der Waals surface area contributed by atoms with Crippen molar-refractivity contribution in [1.29, 1.82) is 0 Å². The fourth-order valence-electron chi connectivity index (χ4n) is 1.93. The molecule has 4 nitrogen and oxygen atoms in total. The number of hydrogen-bond acceptors (Lipinski definition) is 3. The molecule has 2 aromatic rings. The van der Waals surface area contributed by atoms with Gasteiger partial charge in [0.1, 0.15) is 5.69 Å².